The van der Waals surface area contributed by atoms with Crippen LogP contribution < -0.4 is 5.32 Å². The van der Waals surface area contributed by atoms with Crippen molar-refractivity contribution in [3.8, 4) is 0 Å². The van der Waals surface area contributed by atoms with Gasteiger partial charge in [0.15, 0.2) is 0 Å². The predicted molar refractivity (Wildman–Crippen MR) is 76.4 cm³/mol. The van der Waals surface area contributed by atoms with Crippen molar-refractivity contribution in [1.29, 1.82) is 0 Å². The third kappa shape index (κ3) is 3.12. The highest BCUT2D eigenvalue weighted by molar-refractivity contribution is 7.80. The fourth-order valence-electron chi connectivity index (χ4n) is 1.53. The minimum atomic E-state index is -0.0225. The van der Waals surface area contributed by atoms with Gasteiger partial charge in [-0.2, -0.15) is 0 Å². The van der Waals surface area contributed by atoms with E-state index in [-0.39, 0.29) is 5.91 Å². The number of aryl methyl sites for hydroxylation is 1. The fraction of sp³-hybridized carbons (Fsp3) is 0.250. The second-order valence-electron chi connectivity index (χ2n) is 3.57. The smallest absolute Gasteiger partial charge is 0.261 e. The Morgan fingerprint density at radius 3 is 2.94 bits per heavy atom. The van der Waals surface area contributed by atoms with Gasteiger partial charge in [0.25, 0.3) is 5.91 Å². The van der Waals surface area contributed by atoms with Crippen LogP contribution in [0.5, 0.6) is 0 Å². The highest BCUT2D eigenvalue weighted by Crippen LogP contribution is 2.19. The van der Waals surface area contributed by atoms with Crippen LogP contribution in [0.2, 0.25) is 0 Å². The van der Waals surface area contributed by atoms with E-state index in [4.69, 9.17) is 0 Å². The molecule has 0 saturated heterocycles. The van der Waals surface area contributed by atoms with Gasteiger partial charge in [-0.1, -0.05) is 6.92 Å². The molecule has 0 atom stereocenters. The number of thiophene rings is 2. The van der Waals surface area contributed by atoms with Gasteiger partial charge in [0, 0.05) is 15.2 Å². The van der Waals surface area contributed by atoms with Crippen molar-refractivity contribution in [3.05, 3.63) is 38.2 Å². The standard InChI is InChI=1S/C12H13NOS3/c1-2-8-3-4-16-11(8)6-13-12(14)10-5-9(15)7-17-10/h3-5,7,15H,2,6H2,1H3,(H,13,14). The maximum absolute atomic E-state index is 11.8. The summed E-state index contributed by atoms with van der Waals surface area (Å²) in [5.41, 5.74) is 1.32. The van der Waals surface area contributed by atoms with Crippen LogP contribution in [0.3, 0.4) is 0 Å². The van der Waals surface area contributed by atoms with E-state index in [0.717, 1.165) is 11.3 Å². The van der Waals surface area contributed by atoms with Gasteiger partial charge in [-0.25, -0.2) is 0 Å². The zero-order chi connectivity index (χ0) is 12.3. The van der Waals surface area contributed by atoms with E-state index in [0.29, 0.717) is 11.4 Å². The Kier molecular flexibility index (Phi) is 4.25. The van der Waals surface area contributed by atoms with Crippen molar-refractivity contribution >= 4 is 41.2 Å². The van der Waals surface area contributed by atoms with Crippen LogP contribution in [-0.4, -0.2) is 5.91 Å². The summed E-state index contributed by atoms with van der Waals surface area (Å²) in [4.78, 5) is 14.6. The molecule has 0 saturated carbocycles. The number of hydrogen-bond acceptors (Lipinski definition) is 4. The Labute approximate surface area is 114 Å². The van der Waals surface area contributed by atoms with E-state index in [1.807, 2.05) is 5.38 Å². The van der Waals surface area contributed by atoms with E-state index in [2.05, 4.69) is 36.3 Å². The monoisotopic (exact) mass is 283 g/mol. The first-order valence-electron chi connectivity index (χ1n) is 5.31. The quantitative estimate of drug-likeness (QED) is 0.825. The summed E-state index contributed by atoms with van der Waals surface area (Å²) >= 11 is 7.30. The number of thiol groups is 1. The topological polar surface area (TPSA) is 29.1 Å². The Balaban J connectivity index is 1.97. The molecule has 2 rings (SSSR count). The molecule has 2 aromatic heterocycles. The molecule has 0 aliphatic carbocycles. The predicted octanol–water partition coefficient (Wildman–Crippen LogP) is 3.59. The molecule has 0 spiro atoms. The Hall–Kier alpha value is -0.780. The highest BCUT2D eigenvalue weighted by atomic mass is 32.1. The zero-order valence-electron chi connectivity index (χ0n) is 9.40. The zero-order valence-corrected chi connectivity index (χ0v) is 11.9. The molecular formula is C12H13NOS3. The molecule has 17 heavy (non-hydrogen) atoms. The van der Waals surface area contributed by atoms with Crippen LogP contribution in [0.1, 0.15) is 27.0 Å². The molecular weight excluding hydrogens is 270 g/mol. The lowest BCUT2D eigenvalue weighted by Crippen LogP contribution is -2.21. The van der Waals surface area contributed by atoms with Crippen molar-refractivity contribution in [1.82, 2.24) is 5.32 Å². The molecule has 1 N–H and O–H groups in total. The minimum absolute atomic E-state index is 0.0225. The Bertz CT molecular complexity index is 515. The van der Waals surface area contributed by atoms with Crippen LogP contribution in [-0.2, 0) is 13.0 Å². The maximum atomic E-state index is 11.8. The van der Waals surface area contributed by atoms with Gasteiger partial charge in [0.05, 0.1) is 11.4 Å². The van der Waals surface area contributed by atoms with E-state index >= 15 is 0 Å². The van der Waals surface area contributed by atoms with E-state index in [1.54, 1.807) is 17.4 Å². The first-order valence-corrected chi connectivity index (χ1v) is 7.52. The van der Waals surface area contributed by atoms with Crippen LogP contribution in [0.15, 0.2) is 27.8 Å². The van der Waals surface area contributed by atoms with Gasteiger partial charge in [0.1, 0.15) is 0 Å². The lowest BCUT2D eigenvalue weighted by molar-refractivity contribution is 0.0955. The molecule has 2 heterocycles. The molecule has 90 valence electrons. The largest absolute Gasteiger partial charge is 0.346 e. The minimum Gasteiger partial charge on any atom is -0.346 e. The molecule has 0 radical (unpaired) electrons. The number of hydrogen-bond donors (Lipinski definition) is 2. The van der Waals surface area contributed by atoms with Crippen molar-refractivity contribution in [2.75, 3.05) is 0 Å². The first-order chi connectivity index (χ1) is 8.20. The average molecular weight is 283 g/mol. The number of rotatable bonds is 4. The van der Waals surface area contributed by atoms with Crippen molar-refractivity contribution in [2.45, 2.75) is 24.8 Å². The molecule has 1 amide bonds. The van der Waals surface area contributed by atoms with Crippen LogP contribution in [0.4, 0.5) is 0 Å². The van der Waals surface area contributed by atoms with Crippen LogP contribution in [0.25, 0.3) is 0 Å². The molecule has 0 aromatic carbocycles. The molecule has 5 heteroatoms. The van der Waals surface area contributed by atoms with E-state index in [9.17, 15) is 4.79 Å². The number of carbonyl (C=O) groups is 1. The lowest BCUT2D eigenvalue weighted by atomic mass is 10.2. The first kappa shape index (κ1) is 12.7. The summed E-state index contributed by atoms with van der Waals surface area (Å²) in [6.07, 6.45) is 1.01. The van der Waals surface area contributed by atoms with E-state index in [1.165, 1.54) is 21.8 Å². The fourth-order valence-corrected chi connectivity index (χ4v) is 3.51. The van der Waals surface area contributed by atoms with Crippen molar-refractivity contribution in [3.63, 3.8) is 0 Å². The van der Waals surface area contributed by atoms with Gasteiger partial charge in [0.2, 0.25) is 0 Å². The van der Waals surface area contributed by atoms with Gasteiger partial charge in [-0.05, 0) is 29.5 Å². The normalized spacial score (nSPS) is 10.5. The molecule has 0 aliphatic heterocycles. The van der Waals surface area contributed by atoms with Crippen LogP contribution >= 0.6 is 35.3 Å². The second kappa shape index (κ2) is 5.71. The average Bonchev–Trinajstić information content (AvgIpc) is 2.94. The summed E-state index contributed by atoms with van der Waals surface area (Å²) < 4.78 is 0. The van der Waals surface area contributed by atoms with Crippen LogP contribution in [0, 0.1) is 0 Å². The Morgan fingerprint density at radius 1 is 1.47 bits per heavy atom. The lowest BCUT2D eigenvalue weighted by Gasteiger charge is -2.03. The molecule has 0 aliphatic rings. The SMILES string of the molecule is CCc1ccsc1CNC(=O)c1cc(S)cs1. The summed E-state index contributed by atoms with van der Waals surface area (Å²) in [6, 6.07) is 3.90. The second-order valence-corrected chi connectivity index (χ2v) is 6.00. The summed E-state index contributed by atoms with van der Waals surface area (Å²) in [5.74, 6) is -0.0225. The van der Waals surface area contributed by atoms with Crippen molar-refractivity contribution < 1.29 is 4.79 Å². The molecule has 2 nitrogen and oxygen atoms in total. The molecule has 0 unspecified atom stereocenters. The third-order valence-electron chi connectivity index (χ3n) is 2.44. The summed E-state index contributed by atoms with van der Waals surface area (Å²) in [5, 5.41) is 6.87. The third-order valence-corrected chi connectivity index (χ3v) is 4.76. The number of amides is 1. The number of nitrogens with one attached hydrogen (secondary N) is 1. The molecule has 2 aromatic rings. The summed E-state index contributed by atoms with van der Waals surface area (Å²) in [6.45, 7) is 2.74. The summed E-state index contributed by atoms with van der Waals surface area (Å²) in [7, 11) is 0. The molecule has 0 fully saturated rings. The Morgan fingerprint density at radius 2 is 2.29 bits per heavy atom. The maximum Gasteiger partial charge on any atom is 0.261 e. The van der Waals surface area contributed by atoms with Gasteiger partial charge in [-0.3, -0.25) is 4.79 Å². The number of carbonyl (C=O) groups excluding carboxylic acids is 1. The van der Waals surface area contributed by atoms with Crippen molar-refractivity contribution in [2.24, 2.45) is 0 Å². The molecule has 0 bridgehead atoms. The van der Waals surface area contributed by atoms with Gasteiger partial charge in [-0.15, -0.1) is 35.3 Å². The van der Waals surface area contributed by atoms with Gasteiger partial charge >= 0.3 is 0 Å². The van der Waals surface area contributed by atoms with E-state index < -0.39 is 0 Å². The highest BCUT2D eigenvalue weighted by Gasteiger charge is 2.09. The van der Waals surface area contributed by atoms with Gasteiger partial charge < -0.3 is 5.32 Å².